The molecule has 0 spiro atoms. The fraction of sp³-hybridized carbons (Fsp3) is 0.500. The number of amides is 2. The van der Waals surface area contributed by atoms with E-state index in [9.17, 15) is 14.7 Å². The second-order valence-corrected chi connectivity index (χ2v) is 5.28. The van der Waals surface area contributed by atoms with Crippen molar-refractivity contribution in [3.63, 3.8) is 0 Å². The number of aliphatic hydroxyl groups is 1. The van der Waals surface area contributed by atoms with Crippen molar-refractivity contribution < 1.29 is 19.8 Å². The number of aromatic nitrogens is 1. The molecule has 2 amide bonds. The first kappa shape index (κ1) is 14.4. The summed E-state index contributed by atoms with van der Waals surface area (Å²) in [6, 6.07) is -0.539. The van der Waals surface area contributed by atoms with E-state index >= 15 is 0 Å². The zero-order chi connectivity index (χ0) is 13.8. The van der Waals surface area contributed by atoms with Crippen LogP contribution in [0.3, 0.4) is 0 Å². The lowest BCUT2D eigenvalue weighted by Gasteiger charge is -2.18. The Bertz CT molecular complexity index is 444. The Kier molecular flexibility index (Phi) is 4.62. The molecule has 4 N–H and O–H groups in total. The Labute approximate surface area is 108 Å². The number of hydrogen-bond donors (Lipinski definition) is 4. The second kappa shape index (κ2) is 5.78. The molecule has 1 heterocycles. The van der Waals surface area contributed by atoms with E-state index in [0.717, 1.165) is 16.8 Å². The van der Waals surface area contributed by atoms with Gasteiger partial charge in [0.05, 0.1) is 18.1 Å². The van der Waals surface area contributed by atoms with Gasteiger partial charge in [0.15, 0.2) is 5.60 Å². The molecule has 0 fully saturated rings. The topological polar surface area (TPSA) is 112 Å². The molecule has 0 saturated carbocycles. The number of hydrogen-bond acceptors (Lipinski definition) is 5. The van der Waals surface area contributed by atoms with Gasteiger partial charge in [-0.25, -0.2) is 14.6 Å². The molecule has 0 aromatic carbocycles. The first-order valence-electron chi connectivity index (χ1n) is 5.20. The van der Waals surface area contributed by atoms with Crippen LogP contribution in [0.25, 0.3) is 0 Å². The molecule has 1 aromatic heterocycles. The normalized spacial score (nSPS) is 13.7. The van der Waals surface area contributed by atoms with Crippen LogP contribution in [0.2, 0.25) is 0 Å². The summed E-state index contributed by atoms with van der Waals surface area (Å²) >= 11 is 1.46. The van der Waals surface area contributed by atoms with Crippen LogP contribution < -0.4 is 10.6 Å². The SMILES string of the molecule is Cc1ncc(CNC(=O)NCC(C)(O)C(=O)O)s1. The van der Waals surface area contributed by atoms with Gasteiger partial charge >= 0.3 is 12.0 Å². The Balaban J connectivity index is 2.32. The van der Waals surface area contributed by atoms with Gasteiger partial charge < -0.3 is 20.8 Å². The summed E-state index contributed by atoms with van der Waals surface area (Å²) in [6.45, 7) is 2.92. The highest BCUT2D eigenvalue weighted by Gasteiger charge is 2.30. The number of carboxylic acid groups (broad SMARTS) is 1. The van der Waals surface area contributed by atoms with Crippen molar-refractivity contribution in [3.05, 3.63) is 16.1 Å². The third kappa shape index (κ3) is 4.30. The van der Waals surface area contributed by atoms with Gasteiger partial charge in [-0.3, -0.25) is 0 Å². The molecule has 18 heavy (non-hydrogen) atoms. The number of urea groups is 1. The monoisotopic (exact) mass is 273 g/mol. The van der Waals surface area contributed by atoms with Crippen molar-refractivity contribution in [3.8, 4) is 0 Å². The molecule has 0 aliphatic heterocycles. The van der Waals surface area contributed by atoms with Crippen LogP contribution in [-0.4, -0.2) is 39.3 Å². The number of thiazole rings is 1. The molecule has 1 unspecified atom stereocenters. The molecule has 0 aliphatic carbocycles. The highest BCUT2D eigenvalue weighted by Crippen LogP contribution is 2.10. The van der Waals surface area contributed by atoms with E-state index in [2.05, 4.69) is 15.6 Å². The average Bonchev–Trinajstić information content (AvgIpc) is 2.69. The quantitative estimate of drug-likeness (QED) is 0.607. The third-order valence-electron chi connectivity index (χ3n) is 2.15. The maximum absolute atomic E-state index is 11.4. The van der Waals surface area contributed by atoms with Crippen molar-refractivity contribution in [1.82, 2.24) is 15.6 Å². The summed E-state index contributed by atoms with van der Waals surface area (Å²) in [4.78, 5) is 26.9. The maximum Gasteiger partial charge on any atom is 0.337 e. The smallest absolute Gasteiger partial charge is 0.337 e. The molecule has 0 radical (unpaired) electrons. The van der Waals surface area contributed by atoms with Crippen LogP contribution in [0.1, 0.15) is 16.8 Å². The minimum atomic E-state index is -1.97. The molecule has 1 aromatic rings. The number of nitrogens with zero attached hydrogens (tertiary/aromatic N) is 1. The number of carbonyl (C=O) groups excluding carboxylic acids is 1. The van der Waals surface area contributed by atoms with Crippen LogP contribution in [0.4, 0.5) is 4.79 Å². The molecular weight excluding hydrogens is 258 g/mol. The van der Waals surface area contributed by atoms with Crippen LogP contribution in [0, 0.1) is 6.92 Å². The molecule has 0 bridgehead atoms. The molecule has 0 saturated heterocycles. The van der Waals surface area contributed by atoms with Crippen LogP contribution >= 0.6 is 11.3 Å². The van der Waals surface area contributed by atoms with Gasteiger partial charge in [0, 0.05) is 11.1 Å². The van der Waals surface area contributed by atoms with Gasteiger partial charge in [-0.15, -0.1) is 11.3 Å². The van der Waals surface area contributed by atoms with E-state index in [-0.39, 0.29) is 6.54 Å². The van der Waals surface area contributed by atoms with Crippen LogP contribution in [0.15, 0.2) is 6.20 Å². The molecular formula is C10H15N3O4S. The first-order valence-corrected chi connectivity index (χ1v) is 6.01. The summed E-state index contributed by atoms with van der Waals surface area (Å²) in [5.74, 6) is -1.39. The van der Waals surface area contributed by atoms with Crippen molar-refractivity contribution in [1.29, 1.82) is 0 Å². The fourth-order valence-corrected chi connectivity index (χ4v) is 1.78. The molecule has 8 heteroatoms. The molecule has 1 atom stereocenters. The van der Waals surface area contributed by atoms with E-state index in [1.807, 2.05) is 6.92 Å². The van der Waals surface area contributed by atoms with Gasteiger partial charge in [0.25, 0.3) is 0 Å². The van der Waals surface area contributed by atoms with Gasteiger partial charge in [-0.05, 0) is 13.8 Å². The number of carboxylic acids is 1. The van der Waals surface area contributed by atoms with Crippen LogP contribution in [-0.2, 0) is 11.3 Å². The van der Waals surface area contributed by atoms with E-state index in [1.165, 1.54) is 11.3 Å². The Morgan fingerprint density at radius 3 is 2.67 bits per heavy atom. The number of aliphatic carboxylic acids is 1. The van der Waals surface area contributed by atoms with Crippen molar-refractivity contribution in [2.24, 2.45) is 0 Å². The zero-order valence-electron chi connectivity index (χ0n) is 10.1. The molecule has 0 aliphatic rings. The van der Waals surface area contributed by atoms with E-state index in [0.29, 0.717) is 6.54 Å². The Hall–Kier alpha value is -1.67. The molecule has 100 valence electrons. The fourth-order valence-electron chi connectivity index (χ4n) is 1.04. The lowest BCUT2D eigenvalue weighted by molar-refractivity contribution is -0.155. The summed E-state index contributed by atoms with van der Waals surface area (Å²) in [7, 11) is 0. The van der Waals surface area contributed by atoms with Crippen LogP contribution in [0.5, 0.6) is 0 Å². The predicted octanol–water partition coefficient (Wildman–Crippen LogP) is 0.0863. The van der Waals surface area contributed by atoms with Gasteiger partial charge in [-0.2, -0.15) is 0 Å². The molecule has 1 rings (SSSR count). The summed E-state index contributed by atoms with van der Waals surface area (Å²) in [5.41, 5.74) is -1.97. The summed E-state index contributed by atoms with van der Waals surface area (Å²) in [5, 5.41) is 23.7. The summed E-state index contributed by atoms with van der Waals surface area (Å²) in [6.07, 6.45) is 1.66. The zero-order valence-corrected chi connectivity index (χ0v) is 10.9. The number of nitrogens with one attached hydrogen (secondary N) is 2. The van der Waals surface area contributed by atoms with Crippen molar-refractivity contribution in [2.75, 3.05) is 6.54 Å². The van der Waals surface area contributed by atoms with Crippen molar-refractivity contribution in [2.45, 2.75) is 26.0 Å². The standard InChI is InChI=1S/C10H15N3O4S/c1-6-11-3-7(18-6)4-12-9(16)13-5-10(2,17)8(14)15/h3,17H,4-5H2,1-2H3,(H,14,15)(H2,12,13,16). The van der Waals surface area contributed by atoms with E-state index < -0.39 is 17.6 Å². The highest BCUT2D eigenvalue weighted by molar-refractivity contribution is 7.11. The highest BCUT2D eigenvalue weighted by atomic mass is 32.1. The lowest BCUT2D eigenvalue weighted by Crippen LogP contribution is -2.48. The second-order valence-electron chi connectivity index (χ2n) is 3.96. The molecule has 7 nitrogen and oxygen atoms in total. The first-order chi connectivity index (χ1) is 8.31. The number of aryl methyl sites for hydroxylation is 1. The number of rotatable bonds is 5. The number of carbonyl (C=O) groups is 2. The van der Waals surface area contributed by atoms with E-state index in [1.54, 1.807) is 6.20 Å². The Morgan fingerprint density at radius 2 is 2.17 bits per heavy atom. The largest absolute Gasteiger partial charge is 0.479 e. The van der Waals surface area contributed by atoms with Crippen molar-refractivity contribution >= 4 is 23.3 Å². The summed E-state index contributed by atoms with van der Waals surface area (Å²) < 4.78 is 0. The maximum atomic E-state index is 11.4. The predicted molar refractivity (Wildman–Crippen MR) is 65.3 cm³/mol. The average molecular weight is 273 g/mol. The third-order valence-corrected chi connectivity index (χ3v) is 3.06. The lowest BCUT2D eigenvalue weighted by atomic mass is 10.1. The van der Waals surface area contributed by atoms with E-state index in [4.69, 9.17) is 5.11 Å². The van der Waals surface area contributed by atoms with Gasteiger partial charge in [0.2, 0.25) is 0 Å². The Morgan fingerprint density at radius 1 is 1.50 bits per heavy atom. The minimum absolute atomic E-state index is 0.312. The van der Waals surface area contributed by atoms with Gasteiger partial charge in [-0.1, -0.05) is 0 Å². The minimum Gasteiger partial charge on any atom is -0.479 e. The van der Waals surface area contributed by atoms with Gasteiger partial charge in [0.1, 0.15) is 0 Å².